The lowest BCUT2D eigenvalue weighted by atomic mass is 10.1. The van der Waals surface area contributed by atoms with Crippen molar-refractivity contribution in [3.8, 4) is 0 Å². The zero-order chi connectivity index (χ0) is 14.4. The van der Waals surface area contributed by atoms with E-state index >= 15 is 0 Å². The molecule has 1 fully saturated rings. The average Bonchev–Trinajstić information content (AvgIpc) is 2.98. The molecule has 4 N–H and O–H groups in total. The standard InChI is InChI=1S/C12H12Cl2N2O4/c13-4-1-2-5-8(7(4)14)16-12(15-5)11-10(19)9(18)6(3-17)20-11/h1-2,6,9-11,17-19H,3H2,(H,15,16)/t6-,9-,10-,11?/m1/s1. The van der Waals surface area contributed by atoms with Crippen LogP contribution in [0.1, 0.15) is 11.9 Å². The first-order chi connectivity index (χ1) is 9.52. The Labute approximate surface area is 123 Å². The minimum Gasteiger partial charge on any atom is -0.394 e. The summed E-state index contributed by atoms with van der Waals surface area (Å²) in [6, 6.07) is 3.34. The molecular formula is C12H12Cl2N2O4. The van der Waals surface area contributed by atoms with Crippen molar-refractivity contribution in [1.82, 2.24) is 9.97 Å². The van der Waals surface area contributed by atoms with E-state index in [1.165, 1.54) is 0 Å². The van der Waals surface area contributed by atoms with Crippen LogP contribution in [0.3, 0.4) is 0 Å². The van der Waals surface area contributed by atoms with E-state index < -0.39 is 24.4 Å². The van der Waals surface area contributed by atoms with Gasteiger partial charge in [-0.15, -0.1) is 0 Å². The fourth-order valence-corrected chi connectivity index (χ4v) is 2.66. The molecule has 8 heteroatoms. The molecule has 0 bridgehead atoms. The number of aromatic amines is 1. The number of hydrogen-bond acceptors (Lipinski definition) is 5. The Bertz CT molecular complexity index is 648. The summed E-state index contributed by atoms with van der Waals surface area (Å²) in [7, 11) is 0. The largest absolute Gasteiger partial charge is 0.394 e. The molecule has 108 valence electrons. The third kappa shape index (κ3) is 2.09. The summed E-state index contributed by atoms with van der Waals surface area (Å²) in [6.07, 6.45) is -4.05. The van der Waals surface area contributed by atoms with Gasteiger partial charge in [-0.3, -0.25) is 0 Å². The molecule has 1 aromatic heterocycles. The lowest BCUT2D eigenvalue weighted by Gasteiger charge is -2.11. The van der Waals surface area contributed by atoms with Gasteiger partial charge in [0.1, 0.15) is 35.8 Å². The van der Waals surface area contributed by atoms with Crippen LogP contribution in [0.4, 0.5) is 0 Å². The van der Waals surface area contributed by atoms with Gasteiger partial charge >= 0.3 is 0 Å². The van der Waals surface area contributed by atoms with Crippen LogP contribution in [0, 0.1) is 0 Å². The van der Waals surface area contributed by atoms with Gasteiger partial charge in [-0.25, -0.2) is 4.98 Å². The summed E-state index contributed by atoms with van der Waals surface area (Å²) >= 11 is 12.0. The second kappa shape index (κ2) is 5.14. The number of rotatable bonds is 2. The zero-order valence-corrected chi connectivity index (χ0v) is 11.6. The van der Waals surface area contributed by atoms with Crippen LogP contribution in [0.2, 0.25) is 10.0 Å². The van der Waals surface area contributed by atoms with E-state index in [4.69, 9.17) is 33.0 Å². The summed E-state index contributed by atoms with van der Waals surface area (Å²) in [5, 5.41) is 29.4. The molecule has 1 aliphatic heterocycles. The normalized spacial score (nSPS) is 30.2. The third-order valence-corrected chi connectivity index (χ3v) is 4.17. The maximum Gasteiger partial charge on any atom is 0.144 e. The molecule has 1 aromatic carbocycles. The number of halogens is 2. The molecule has 20 heavy (non-hydrogen) atoms. The summed E-state index contributed by atoms with van der Waals surface area (Å²) in [6.45, 7) is -0.387. The number of nitrogens with one attached hydrogen (secondary N) is 1. The highest BCUT2D eigenvalue weighted by atomic mass is 35.5. The molecule has 1 unspecified atom stereocenters. The molecule has 2 heterocycles. The van der Waals surface area contributed by atoms with Gasteiger partial charge in [0.05, 0.1) is 22.2 Å². The predicted octanol–water partition coefficient (Wildman–Crippen LogP) is 1.02. The second-order valence-corrected chi connectivity index (χ2v) is 5.42. The highest BCUT2D eigenvalue weighted by Gasteiger charge is 2.44. The number of nitrogens with zero attached hydrogens (tertiary/aromatic N) is 1. The Morgan fingerprint density at radius 3 is 2.65 bits per heavy atom. The third-order valence-electron chi connectivity index (χ3n) is 3.38. The maximum atomic E-state index is 9.96. The van der Waals surface area contributed by atoms with E-state index in [1.54, 1.807) is 12.1 Å². The fourth-order valence-electron chi connectivity index (χ4n) is 2.30. The van der Waals surface area contributed by atoms with E-state index in [0.29, 0.717) is 26.9 Å². The van der Waals surface area contributed by atoms with Crippen LogP contribution < -0.4 is 0 Å². The number of aromatic nitrogens is 2. The van der Waals surface area contributed by atoms with Gasteiger partial charge in [-0.2, -0.15) is 0 Å². The summed E-state index contributed by atoms with van der Waals surface area (Å²) < 4.78 is 5.40. The number of ether oxygens (including phenoxy) is 1. The Hall–Kier alpha value is -0.890. The number of benzene rings is 1. The molecule has 1 aliphatic rings. The van der Waals surface area contributed by atoms with Crippen molar-refractivity contribution < 1.29 is 20.1 Å². The van der Waals surface area contributed by atoms with Crippen molar-refractivity contribution in [2.24, 2.45) is 0 Å². The molecule has 0 radical (unpaired) electrons. The number of fused-ring (bicyclic) bond motifs is 1. The van der Waals surface area contributed by atoms with Crippen LogP contribution >= 0.6 is 23.2 Å². The summed E-state index contributed by atoms with van der Waals surface area (Å²) in [4.78, 5) is 7.23. The van der Waals surface area contributed by atoms with Crippen molar-refractivity contribution in [2.75, 3.05) is 6.61 Å². The molecule has 0 spiro atoms. The molecular weight excluding hydrogens is 307 g/mol. The first-order valence-electron chi connectivity index (χ1n) is 5.99. The van der Waals surface area contributed by atoms with E-state index in [-0.39, 0.29) is 6.61 Å². The maximum absolute atomic E-state index is 9.96. The quantitative estimate of drug-likeness (QED) is 0.662. The van der Waals surface area contributed by atoms with Gasteiger partial charge in [0.25, 0.3) is 0 Å². The smallest absolute Gasteiger partial charge is 0.144 e. The zero-order valence-electron chi connectivity index (χ0n) is 10.1. The van der Waals surface area contributed by atoms with Crippen molar-refractivity contribution in [3.63, 3.8) is 0 Å². The van der Waals surface area contributed by atoms with Gasteiger partial charge in [0, 0.05) is 0 Å². The Kier molecular flexibility index (Phi) is 3.62. The fraction of sp³-hybridized carbons (Fsp3) is 0.417. The van der Waals surface area contributed by atoms with Gasteiger partial charge < -0.3 is 25.0 Å². The van der Waals surface area contributed by atoms with Gasteiger partial charge in [-0.1, -0.05) is 23.2 Å². The molecule has 0 amide bonds. The average molecular weight is 319 g/mol. The van der Waals surface area contributed by atoms with E-state index in [0.717, 1.165) is 0 Å². The number of aliphatic hydroxyl groups is 3. The second-order valence-electron chi connectivity index (χ2n) is 4.64. The molecule has 0 aliphatic carbocycles. The van der Waals surface area contributed by atoms with Crippen LogP contribution in [0.25, 0.3) is 11.0 Å². The van der Waals surface area contributed by atoms with Gasteiger partial charge in [0.15, 0.2) is 0 Å². The molecule has 4 atom stereocenters. The SMILES string of the molecule is OC[C@H]1OC(c2nc3c(Cl)c(Cl)ccc3[nH]2)[C@H](O)[C@@H]1O. The Morgan fingerprint density at radius 1 is 1.25 bits per heavy atom. The minimum absolute atomic E-state index is 0.304. The van der Waals surface area contributed by atoms with Crippen molar-refractivity contribution in [2.45, 2.75) is 24.4 Å². The topological polar surface area (TPSA) is 98.6 Å². The van der Waals surface area contributed by atoms with E-state index in [1.807, 2.05) is 0 Å². The number of H-pyrrole nitrogens is 1. The van der Waals surface area contributed by atoms with E-state index in [2.05, 4.69) is 9.97 Å². The monoisotopic (exact) mass is 318 g/mol. The first kappa shape index (κ1) is 14.1. The van der Waals surface area contributed by atoms with Gasteiger partial charge in [0.2, 0.25) is 0 Å². The molecule has 0 saturated carbocycles. The summed E-state index contributed by atoms with van der Waals surface area (Å²) in [5.41, 5.74) is 1.11. The first-order valence-corrected chi connectivity index (χ1v) is 6.74. The van der Waals surface area contributed by atoms with Crippen LogP contribution in [0.15, 0.2) is 12.1 Å². The lowest BCUT2D eigenvalue weighted by Crippen LogP contribution is -2.32. The molecule has 2 aromatic rings. The Morgan fingerprint density at radius 2 is 2.00 bits per heavy atom. The highest BCUT2D eigenvalue weighted by Crippen LogP contribution is 2.35. The molecule has 1 saturated heterocycles. The highest BCUT2D eigenvalue weighted by molar-refractivity contribution is 6.44. The number of aliphatic hydroxyl groups excluding tert-OH is 3. The Balaban J connectivity index is 2.01. The molecule has 3 rings (SSSR count). The van der Waals surface area contributed by atoms with Crippen molar-refractivity contribution in [3.05, 3.63) is 28.0 Å². The van der Waals surface area contributed by atoms with Crippen LogP contribution in [-0.4, -0.2) is 50.2 Å². The van der Waals surface area contributed by atoms with Crippen molar-refractivity contribution in [1.29, 1.82) is 0 Å². The number of hydrogen-bond donors (Lipinski definition) is 4. The van der Waals surface area contributed by atoms with Crippen LogP contribution in [-0.2, 0) is 4.74 Å². The van der Waals surface area contributed by atoms with E-state index in [9.17, 15) is 10.2 Å². The number of imidazole rings is 1. The minimum atomic E-state index is -1.18. The van der Waals surface area contributed by atoms with Gasteiger partial charge in [-0.05, 0) is 12.1 Å². The summed E-state index contributed by atoms with van der Waals surface area (Å²) in [5.74, 6) is 0.326. The lowest BCUT2D eigenvalue weighted by molar-refractivity contribution is -0.0249. The molecule has 6 nitrogen and oxygen atoms in total. The predicted molar refractivity (Wildman–Crippen MR) is 72.8 cm³/mol. The van der Waals surface area contributed by atoms with Crippen molar-refractivity contribution >= 4 is 34.2 Å². The van der Waals surface area contributed by atoms with Crippen LogP contribution in [0.5, 0.6) is 0 Å².